The highest BCUT2D eigenvalue weighted by Crippen LogP contribution is 2.28. The van der Waals surface area contributed by atoms with E-state index < -0.39 is 5.97 Å². The number of benzene rings is 2. The van der Waals surface area contributed by atoms with Crippen molar-refractivity contribution in [1.29, 1.82) is 0 Å². The number of halogens is 5. The Bertz CT molecular complexity index is 915. The summed E-state index contributed by atoms with van der Waals surface area (Å²) >= 11 is 18.4. The number of carboxylic acids is 1. The first-order chi connectivity index (χ1) is 14.4. The summed E-state index contributed by atoms with van der Waals surface area (Å²) in [6.07, 6.45) is 0. The van der Waals surface area contributed by atoms with E-state index in [0.717, 1.165) is 25.1 Å². The van der Waals surface area contributed by atoms with Crippen molar-refractivity contribution in [1.82, 2.24) is 10.5 Å². The standard InChI is InChI=1S/C10H11BrClNO2.C8H6BrClO2.C2H7NO.ClH/c1-6-8(11)5-4-7(9(6)12)10(14)13(2)15-3;1-4-6(9)3-2-5(7(4)10)8(11)12;1-3-4-2;/h4-5H,1-3H3;2-3H,1H3,(H,11,12);3H,1-2H3;1H. The molecule has 0 saturated heterocycles. The molecule has 0 fully saturated rings. The molecule has 0 aromatic heterocycles. The normalized spacial score (nSPS) is 9.44. The van der Waals surface area contributed by atoms with E-state index in [1.807, 2.05) is 6.92 Å². The minimum absolute atomic E-state index is 0. The lowest BCUT2D eigenvalue weighted by molar-refractivity contribution is -0.0756. The Morgan fingerprint density at radius 1 is 0.969 bits per heavy atom. The lowest BCUT2D eigenvalue weighted by Gasteiger charge is -2.15. The van der Waals surface area contributed by atoms with Gasteiger partial charge in [0.05, 0.1) is 35.4 Å². The number of nitrogens with one attached hydrogen (secondary N) is 1. The van der Waals surface area contributed by atoms with Crippen LogP contribution in [0.1, 0.15) is 31.8 Å². The second-order valence-corrected chi connectivity index (χ2v) is 8.23. The molecule has 2 aromatic rings. The van der Waals surface area contributed by atoms with E-state index in [4.69, 9.17) is 33.1 Å². The van der Waals surface area contributed by atoms with E-state index in [0.29, 0.717) is 10.6 Å². The summed E-state index contributed by atoms with van der Waals surface area (Å²) in [5.74, 6) is -1.27. The lowest BCUT2D eigenvalue weighted by Crippen LogP contribution is -2.25. The number of carboxylic acid groups (broad SMARTS) is 1. The van der Waals surface area contributed by atoms with Crippen LogP contribution in [-0.4, -0.2) is 50.4 Å². The summed E-state index contributed by atoms with van der Waals surface area (Å²) in [5.41, 5.74) is 4.59. The van der Waals surface area contributed by atoms with Crippen LogP contribution in [0.5, 0.6) is 0 Å². The van der Waals surface area contributed by atoms with Gasteiger partial charge in [0.25, 0.3) is 5.91 Å². The average Bonchev–Trinajstić information content (AvgIpc) is 2.75. The predicted octanol–water partition coefficient (Wildman–Crippen LogP) is 6.34. The van der Waals surface area contributed by atoms with Gasteiger partial charge in [0, 0.05) is 23.0 Å². The molecule has 0 spiro atoms. The van der Waals surface area contributed by atoms with E-state index >= 15 is 0 Å². The average molecular weight is 640 g/mol. The Labute approximate surface area is 220 Å². The molecule has 2 rings (SSSR count). The molecule has 2 N–H and O–H groups in total. The van der Waals surface area contributed by atoms with Gasteiger partial charge >= 0.3 is 5.97 Å². The van der Waals surface area contributed by atoms with Crippen LogP contribution in [0, 0.1) is 13.8 Å². The minimum Gasteiger partial charge on any atom is -0.478 e. The third kappa shape index (κ3) is 9.93. The second kappa shape index (κ2) is 16.7. The molecule has 0 bridgehead atoms. The number of aromatic carboxylic acids is 1. The van der Waals surface area contributed by atoms with Gasteiger partial charge in [-0.25, -0.2) is 15.3 Å². The van der Waals surface area contributed by atoms with Gasteiger partial charge in [-0.05, 0) is 49.2 Å². The van der Waals surface area contributed by atoms with Crippen LogP contribution in [0.15, 0.2) is 33.2 Å². The zero-order valence-electron chi connectivity index (χ0n) is 18.3. The summed E-state index contributed by atoms with van der Waals surface area (Å²) < 4.78 is 1.70. The fraction of sp³-hybridized carbons (Fsp3) is 0.300. The SMILES string of the molecule is CNOC.CON(C)C(=O)c1ccc(Br)c(C)c1Cl.Cc1c(Br)ccc(C(=O)O)c1Cl.Cl. The van der Waals surface area contributed by atoms with Gasteiger partial charge in [0.1, 0.15) is 0 Å². The minimum atomic E-state index is -1.00. The van der Waals surface area contributed by atoms with Crippen LogP contribution in [-0.2, 0) is 9.68 Å². The second-order valence-electron chi connectivity index (χ2n) is 5.77. The van der Waals surface area contributed by atoms with E-state index in [-0.39, 0.29) is 28.9 Å². The molecule has 1 amide bonds. The molecule has 180 valence electrons. The number of hydroxylamine groups is 3. The van der Waals surface area contributed by atoms with Crippen molar-refractivity contribution in [2.45, 2.75) is 13.8 Å². The first-order valence-corrected chi connectivity index (χ1v) is 10.9. The molecule has 0 aliphatic carbocycles. The third-order valence-electron chi connectivity index (χ3n) is 3.87. The predicted molar refractivity (Wildman–Crippen MR) is 137 cm³/mol. The molecule has 0 unspecified atom stereocenters. The molecule has 0 aliphatic heterocycles. The summed E-state index contributed by atoms with van der Waals surface area (Å²) in [4.78, 5) is 31.4. The number of rotatable bonds is 4. The maximum Gasteiger partial charge on any atom is 0.337 e. The van der Waals surface area contributed by atoms with E-state index in [2.05, 4.69) is 42.2 Å². The molecular formula is C20H25Br2Cl3N2O5. The number of carbonyl (C=O) groups excluding carboxylic acids is 1. The van der Waals surface area contributed by atoms with Crippen LogP contribution in [0.4, 0.5) is 0 Å². The summed E-state index contributed by atoms with van der Waals surface area (Å²) in [6, 6.07) is 6.60. The Kier molecular flexibility index (Phi) is 17.3. The van der Waals surface area contributed by atoms with Gasteiger partial charge in [-0.3, -0.25) is 9.63 Å². The first kappa shape index (κ1) is 33.3. The first-order valence-electron chi connectivity index (χ1n) is 8.58. The van der Waals surface area contributed by atoms with Crippen LogP contribution >= 0.6 is 67.5 Å². The summed E-state index contributed by atoms with van der Waals surface area (Å²) in [7, 11) is 6.24. The summed E-state index contributed by atoms with van der Waals surface area (Å²) in [5, 5.41) is 10.5. The Morgan fingerprint density at radius 3 is 1.69 bits per heavy atom. The zero-order valence-corrected chi connectivity index (χ0v) is 23.8. The van der Waals surface area contributed by atoms with Gasteiger partial charge in [-0.15, -0.1) is 12.4 Å². The molecular weight excluding hydrogens is 614 g/mol. The van der Waals surface area contributed by atoms with E-state index in [9.17, 15) is 9.59 Å². The molecule has 32 heavy (non-hydrogen) atoms. The molecule has 0 atom stereocenters. The maximum atomic E-state index is 11.8. The molecule has 2 aromatic carbocycles. The Balaban J connectivity index is 0. The fourth-order valence-corrected chi connectivity index (χ4v) is 3.29. The lowest BCUT2D eigenvalue weighted by atomic mass is 10.1. The third-order valence-corrected chi connectivity index (χ3v) is 6.56. The van der Waals surface area contributed by atoms with E-state index in [1.165, 1.54) is 20.2 Å². The van der Waals surface area contributed by atoms with Crippen LogP contribution in [0.2, 0.25) is 10.0 Å². The van der Waals surface area contributed by atoms with Gasteiger partial charge < -0.3 is 9.94 Å². The van der Waals surface area contributed by atoms with Crippen molar-refractivity contribution in [2.24, 2.45) is 0 Å². The molecule has 0 heterocycles. The Morgan fingerprint density at radius 2 is 1.34 bits per heavy atom. The van der Waals surface area contributed by atoms with Crippen molar-refractivity contribution in [2.75, 3.05) is 28.3 Å². The highest BCUT2D eigenvalue weighted by molar-refractivity contribution is 9.10. The van der Waals surface area contributed by atoms with Crippen molar-refractivity contribution in [3.8, 4) is 0 Å². The number of amides is 1. The van der Waals surface area contributed by atoms with Crippen molar-refractivity contribution in [3.63, 3.8) is 0 Å². The highest BCUT2D eigenvalue weighted by Gasteiger charge is 2.17. The smallest absolute Gasteiger partial charge is 0.337 e. The monoisotopic (exact) mass is 636 g/mol. The van der Waals surface area contributed by atoms with Gasteiger partial charge in [0.15, 0.2) is 0 Å². The number of nitrogens with zero attached hydrogens (tertiary/aromatic N) is 1. The van der Waals surface area contributed by atoms with Crippen molar-refractivity contribution >= 4 is 79.3 Å². The molecule has 0 radical (unpaired) electrons. The molecule has 7 nitrogen and oxygen atoms in total. The topological polar surface area (TPSA) is 88.1 Å². The quantitative estimate of drug-likeness (QED) is 0.380. The highest BCUT2D eigenvalue weighted by atomic mass is 79.9. The maximum absolute atomic E-state index is 11.8. The molecule has 0 aliphatic rings. The summed E-state index contributed by atoms with van der Waals surface area (Å²) in [6.45, 7) is 3.61. The van der Waals surface area contributed by atoms with Gasteiger partial charge in [-0.2, -0.15) is 0 Å². The van der Waals surface area contributed by atoms with Crippen molar-refractivity contribution in [3.05, 3.63) is 65.5 Å². The van der Waals surface area contributed by atoms with Gasteiger partial charge in [-0.1, -0.05) is 55.1 Å². The number of hydrogen-bond acceptors (Lipinski definition) is 5. The largest absolute Gasteiger partial charge is 0.478 e. The van der Waals surface area contributed by atoms with Gasteiger partial charge in [0.2, 0.25) is 0 Å². The Hall–Kier alpha value is -0.910. The molecule has 0 saturated carbocycles. The van der Waals surface area contributed by atoms with Crippen LogP contribution < -0.4 is 5.48 Å². The number of carbonyl (C=O) groups is 2. The van der Waals surface area contributed by atoms with Crippen LogP contribution in [0.3, 0.4) is 0 Å². The fourth-order valence-electron chi connectivity index (χ4n) is 1.91. The molecule has 12 heteroatoms. The van der Waals surface area contributed by atoms with Crippen molar-refractivity contribution < 1.29 is 24.4 Å². The van der Waals surface area contributed by atoms with Crippen LogP contribution in [0.25, 0.3) is 0 Å². The van der Waals surface area contributed by atoms with E-state index in [1.54, 1.807) is 39.3 Å². The zero-order chi connectivity index (χ0) is 24.3. The number of hydrogen-bond donors (Lipinski definition) is 2.